The lowest BCUT2D eigenvalue weighted by molar-refractivity contribution is -0.141. The van der Waals surface area contributed by atoms with Crippen LogP contribution in [0.2, 0.25) is 0 Å². The molecule has 1 aromatic carbocycles. The van der Waals surface area contributed by atoms with Crippen molar-refractivity contribution in [3.63, 3.8) is 0 Å². The van der Waals surface area contributed by atoms with Crippen LogP contribution in [0.4, 0.5) is 14.9 Å². The number of nitrogens with one attached hydrogen (secondary N) is 1. The second kappa shape index (κ2) is 5.03. The van der Waals surface area contributed by atoms with Gasteiger partial charge in [-0.2, -0.15) is 0 Å². The van der Waals surface area contributed by atoms with Crippen LogP contribution in [0.1, 0.15) is 12.8 Å². The molecule has 0 radical (unpaired) electrons. The van der Waals surface area contributed by atoms with E-state index in [1.54, 1.807) is 6.07 Å². The highest BCUT2D eigenvalue weighted by Crippen LogP contribution is 2.19. The normalized spacial score (nSPS) is 18.7. The van der Waals surface area contributed by atoms with Gasteiger partial charge in [0.05, 0.1) is 0 Å². The van der Waals surface area contributed by atoms with Gasteiger partial charge in [0.2, 0.25) is 0 Å². The number of hydrogen-bond donors (Lipinski definition) is 2. The number of likely N-dealkylation sites (tertiary alicyclic amines) is 1. The molecule has 1 aliphatic heterocycles. The summed E-state index contributed by atoms with van der Waals surface area (Å²) in [6.45, 7) is 0.401. The first-order valence-electron chi connectivity index (χ1n) is 5.64. The zero-order valence-corrected chi connectivity index (χ0v) is 9.60. The number of rotatable bonds is 2. The van der Waals surface area contributed by atoms with Crippen molar-refractivity contribution in [2.75, 3.05) is 11.9 Å². The number of carbonyl (C=O) groups excluding carboxylic acids is 1. The van der Waals surface area contributed by atoms with Crippen molar-refractivity contribution in [3.8, 4) is 0 Å². The Bertz CT molecular complexity index is 478. The fourth-order valence-electron chi connectivity index (χ4n) is 2.03. The van der Waals surface area contributed by atoms with E-state index in [9.17, 15) is 14.0 Å². The van der Waals surface area contributed by atoms with Gasteiger partial charge in [0.25, 0.3) is 0 Å². The Morgan fingerprint density at radius 1 is 1.44 bits per heavy atom. The molecule has 2 amide bonds. The van der Waals surface area contributed by atoms with E-state index in [0.29, 0.717) is 25.1 Å². The number of anilines is 1. The first kappa shape index (κ1) is 12.3. The van der Waals surface area contributed by atoms with Gasteiger partial charge in [-0.3, -0.25) is 0 Å². The van der Waals surface area contributed by atoms with Gasteiger partial charge in [0, 0.05) is 12.2 Å². The summed E-state index contributed by atoms with van der Waals surface area (Å²) in [6, 6.07) is 4.18. The summed E-state index contributed by atoms with van der Waals surface area (Å²) in [5, 5.41) is 11.5. The van der Waals surface area contributed by atoms with Gasteiger partial charge >= 0.3 is 12.0 Å². The molecule has 0 unspecified atom stereocenters. The minimum absolute atomic E-state index is 0.316. The number of halogens is 1. The van der Waals surface area contributed by atoms with Crippen molar-refractivity contribution in [2.24, 2.45) is 0 Å². The molecule has 1 saturated heterocycles. The number of aliphatic carboxylic acids is 1. The monoisotopic (exact) mass is 252 g/mol. The van der Waals surface area contributed by atoms with Gasteiger partial charge in [0.15, 0.2) is 0 Å². The Labute approximate surface area is 103 Å². The summed E-state index contributed by atoms with van der Waals surface area (Å²) in [6.07, 6.45) is 1.11. The molecule has 18 heavy (non-hydrogen) atoms. The number of carboxylic acids is 1. The van der Waals surface area contributed by atoms with Gasteiger partial charge in [-0.05, 0) is 31.0 Å². The zero-order chi connectivity index (χ0) is 13.1. The molecule has 0 spiro atoms. The maximum atomic E-state index is 12.9. The number of carbonyl (C=O) groups is 2. The third-order valence-electron chi connectivity index (χ3n) is 2.87. The summed E-state index contributed by atoms with van der Waals surface area (Å²) in [5.74, 6) is -1.47. The molecule has 5 nitrogen and oxygen atoms in total. The average Bonchev–Trinajstić information content (AvgIpc) is 2.77. The fraction of sp³-hybridized carbons (Fsp3) is 0.333. The molecule has 0 aromatic heterocycles. The summed E-state index contributed by atoms with van der Waals surface area (Å²) in [5.41, 5.74) is 0.316. The highest BCUT2D eigenvalue weighted by atomic mass is 19.1. The second-order valence-corrected chi connectivity index (χ2v) is 4.13. The maximum absolute atomic E-state index is 12.9. The lowest BCUT2D eigenvalue weighted by Crippen LogP contribution is -2.42. The SMILES string of the molecule is O=C(O)[C@H]1CCCN1C(=O)Nc1cccc(F)c1. The maximum Gasteiger partial charge on any atom is 0.326 e. The van der Waals surface area contributed by atoms with Crippen LogP contribution >= 0.6 is 0 Å². The van der Waals surface area contributed by atoms with Gasteiger partial charge in [-0.1, -0.05) is 6.07 Å². The quantitative estimate of drug-likeness (QED) is 0.844. The minimum atomic E-state index is -1.01. The number of amides is 2. The Kier molecular flexibility index (Phi) is 3.45. The summed E-state index contributed by atoms with van der Waals surface area (Å²) in [7, 11) is 0. The van der Waals surface area contributed by atoms with Crippen LogP contribution in [0.3, 0.4) is 0 Å². The van der Waals surface area contributed by atoms with E-state index < -0.39 is 23.9 Å². The van der Waals surface area contributed by atoms with E-state index in [1.807, 2.05) is 0 Å². The van der Waals surface area contributed by atoms with Crippen LogP contribution in [-0.2, 0) is 4.79 Å². The van der Waals surface area contributed by atoms with Crippen molar-refractivity contribution in [3.05, 3.63) is 30.1 Å². The molecule has 0 bridgehead atoms. The zero-order valence-electron chi connectivity index (χ0n) is 9.60. The van der Waals surface area contributed by atoms with E-state index >= 15 is 0 Å². The minimum Gasteiger partial charge on any atom is -0.480 e. The molecule has 96 valence electrons. The molecule has 1 atom stereocenters. The molecule has 6 heteroatoms. The molecule has 2 rings (SSSR count). The van der Waals surface area contributed by atoms with Crippen molar-refractivity contribution >= 4 is 17.7 Å². The topological polar surface area (TPSA) is 69.6 Å². The number of urea groups is 1. The highest BCUT2D eigenvalue weighted by Gasteiger charge is 2.33. The molecule has 0 aliphatic carbocycles. The van der Waals surface area contributed by atoms with Crippen LogP contribution in [0, 0.1) is 5.82 Å². The van der Waals surface area contributed by atoms with E-state index in [4.69, 9.17) is 5.11 Å². The van der Waals surface area contributed by atoms with E-state index in [-0.39, 0.29) is 0 Å². The molecule has 0 saturated carbocycles. The Morgan fingerprint density at radius 2 is 2.22 bits per heavy atom. The molecular formula is C12H13FN2O3. The third-order valence-corrected chi connectivity index (χ3v) is 2.87. The van der Waals surface area contributed by atoms with Crippen molar-refractivity contribution < 1.29 is 19.1 Å². The number of benzene rings is 1. The van der Waals surface area contributed by atoms with Crippen LogP contribution in [0.15, 0.2) is 24.3 Å². The summed E-state index contributed by atoms with van der Waals surface area (Å²) in [4.78, 5) is 24.1. The first-order chi connectivity index (χ1) is 8.58. The van der Waals surface area contributed by atoms with Gasteiger partial charge < -0.3 is 15.3 Å². The molecule has 2 N–H and O–H groups in total. The molecule has 1 heterocycles. The lowest BCUT2D eigenvalue weighted by Gasteiger charge is -2.21. The largest absolute Gasteiger partial charge is 0.480 e. The van der Waals surface area contributed by atoms with Crippen LogP contribution < -0.4 is 5.32 Å². The predicted molar refractivity (Wildman–Crippen MR) is 62.8 cm³/mol. The van der Waals surface area contributed by atoms with Crippen LogP contribution in [0.5, 0.6) is 0 Å². The number of carboxylic acid groups (broad SMARTS) is 1. The predicted octanol–water partition coefficient (Wildman–Crippen LogP) is 1.91. The molecular weight excluding hydrogens is 239 g/mol. The Balaban J connectivity index is 2.06. The standard InChI is InChI=1S/C12H13FN2O3/c13-8-3-1-4-9(7-8)14-12(18)15-6-2-5-10(15)11(16)17/h1,3-4,7,10H,2,5-6H2,(H,14,18)(H,16,17)/t10-/m1/s1. The van der Waals surface area contributed by atoms with Crippen LogP contribution in [-0.4, -0.2) is 34.6 Å². The van der Waals surface area contributed by atoms with Crippen molar-refractivity contribution in [1.82, 2.24) is 4.90 Å². The van der Waals surface area contributed by atoms with E-state index in [1.165, 1.54) is 23.1 Å². The fourth-order valence-corrected chi connectivity index (χ4v) is 2.03. The molecule has 1 aliphatic rings. The Morgan fingerprint density at radius 3 is 2.89 bits per heavy atom. The van der Waals surface area contributed by atoms with Crippen molar-refractivity contribution in [2.45, 2.75) is 18.9 Å². The third kappa shape index (κ3) is 2.58. The number of hydrogen-bond acceptors (Lipinski definition) is 2. The lowest BCUT2D eigenvalue weighted by atomic mass is 10.2. The molecule has 1 aromatic rings. The van der Waals surface area contributed by atoms with E-state index in [2.05, 4.69) is 5.32 Å². The number of nitrogens with zero attached hydrogens (tertiary/aromatic N) is 1. The van der Waals surface area contributed by atoms with Gasteiger partial charge in [-0.15, -0.1) is 0 Å². The first-order valence-corrected chi connectivity index (χ1v) is 5.64. The van der Waals surface area contributed by atoms with Gasteiger partial charge in [0.1, 0.15) is 11.9 Å². The average molecular weight is 252 g/mol. The van der Waals surface area contributed by atoms with Gasteiger partial charge in [-0.25, -0.2) is 14.0 Å². The Hall–Kier alpha value is -2.11. The smallest absolute Gasteiger partial charge is 0.326 e. The van der Waals surface area contributed by atoms with Crippen LogP contribution in [0.25, 0.3) is 0 Å². The van der Waals surface area contributed by atoms with E-state index in [0.717, 1.165) is 0 Å². The summed E-state index contributed by atoms with van der Waals surface area (Å²) >= 11 is 0. The van der Waals surface area contributed by atoms with Crippen molar-refractivity contribution in [1.29, 1.82) is 0 Å². The summed E-state index contributed by atoms with van der Waals surface area (Å²) < 4.78 is 12.9. The molecule has 1 fully saturated rings. The highest BCUT2D eigenvalue weighted by molar-refractivity contribution is 5.92. The second-order valence-electron chi connectivity index (χ2n) is 4.13.